The molecule has 3 nitrogen and oxygen atoms in total. The molecule has 1 rings (SSSR count). The maximum atomic E-state index is 11.5. The summed E-state index contributed by atoms with van der Waals surface area (Å²) in [6, 6.07) is 7.91. The zero-order valence-electron chi connectivity index (χ0n) is 9.66. The highest BCUT2D eigenvalue weighted by Crippen LogP contribution is 2.20. The van der Waals surface area contributed by atoms with Gasteiger partial charge >= 0.3 is 5.91 Å². The van der Waals surface area contributed by atoms with Crippen LogP contribution in [0.4, 0.5) is 5.69 Å². The number of carbonyl (C=O) groups is 1. The van der Waals surface area contributed by atoms with Crippen molar-refractivity contribution < 1.29 is 4.79 Å². The lowest BCUT2D eigenvalue weighted by Crippen LogP contribution is -2.59. The highest BCUT2D eigenvalue weighted by Gasteiger charge is 2.30. The molecule has 15 heavy (non-hydrogen) atoms. The normalized spacial score (nSPS) is 14.7. The fraction of sp³-hybridized carbons (Fsp3) is 0.417. The third kappa shape index (κ3) is 2.25. The lowest BCUT2D eigenvalue weighted by molar-refractivity contribution is -0.128. The topological polar surface area (TPSA) is 43.1 Å². The van der Waals surface area contributed by atoms with Crippen molar-refractivity contribution in [2.24, 2.45) is 5.84 Å². The van der Waals surface area contributed by atoms with Crippen molar-refractivity contribution >= 4 is 11.6 Å². The van der Waals surface area contributed by atoms with Gasteiger partial charge in [0.2, 0.25) is 0 Å². The number of nitrogens with zero attached hydrogens (tertiary/aromatic N) is 1. The second-order valence-corrected chi connectivity index (χ2v) is 3.73. The number of hydrogen-bond acceptors (Lipinski definition) is 2. The fourth-order valence-electron chi connectivity index (χ4n) is 1.61. The minimum Gasteiger partial charge on any atom is -0.229 e. The van der Waals surface area contributed by atoms with Crippen LogP contribution in [0.5, 0.6) is 0 Å². The van der Waals surface area contributed by atoms with Crippen LogP contribution in [0.3, 0.4) is 0 Å². The number of hydrogen-bond donors (Lipinski definition) is 1. The minimum absolute atomic E-state index is 0.0363. The first kappa shape index (κ1) is 11.9. The van der Waals surface area contributed by atoms with Gasteiger partial charge in [0.25, 0.3) is 0 Å². The summed E-state index contributed by atoms with van der Waals surface area (Å²) in [5.74, 6) is 6.04. The van der Waals surface area contributed by atoms with Crippen LogP contribution in [0.15, 0.2) is 24.3 Å². The molecule has 1 aromatic carbocycles. The number of amides is 1. The van der Waals surface area contributed by atoms with Crippen molar-refractivity contribution in [2.75, 3.05) is 6.54 Å². The van der Waals surface area contributed by atoms with E-state index < -0.39 is 0 Å². The molecular formula is C12H19N2O+. The van der Waals surface area contributed by atoms with Gasteiger partial charge in [0.1, 0.15) is 6.54 Å². The smallest absolute Gasteiger partial charge is 0.229 e. The molecule has 0 heterocycles. The summed E-state index contributed by atoms with van der Waals surface area (Å²) in [6.07, 6.45) is 0.954. The summed E-state index contributed by atoms with van der Waals surface area (Å²) < 4.78 is -0.117. The van der Waals surface area contributed by atoms with Gasteiger partial charge < -0.3 is 0 Å². The largest absolute Gasteiger partial charge is 0.334 e. The molecular weight excluding hydrogens is 188 g/mol. The van der Waals surface area contributed by atoms with Crippen molar-refractivity contribution in [3.63, 3.8) is 0 Å². The predicted molar refractivity (Wildman–Crippen MR) is 63.0 cm³/mol. The fourth-order valence-corrected chi connectivity index (χ4v) is 1.61. The number of quaternary nitrogens is 1. The van der Waals surface area contributed by atoms with Crippen LogP contribution in [0.25, 0.3) is 0 Å². The average molecular weight is 207 g/mol. The third-order valence-corrected chi connectivity index (χ3v) is 2.84. The average Bonchev–Trinajstić information content (AvgIpc) is 2.27. The van der Waals surface area contributed by atoms with Crippen LogP contribution in [-0.4, -0.2) is 12.5 Å². The minimum atomic E-state index is -0.117. The van der Waals surface area contributed by atoms with Gasteiger partial charge in [-0.2, -0.15) is 10.4 Å². The van der Waals surface area contributed by atoms with Gasteiger partial charge in [-0.15, -0.1) is 0 Å². The molecule has 1 atom stereocenters. The van der Waals surface area contributed by atoms with E-state index >= 15 is 0 Å². The maximum Gasteiger partial charge on any atom is 0.334 e. The Bertz CT molecular complexity index is 362. The lowest BCUT2D eigenvalue weighted by atomic mass is 10.1. The molecule has 0 aliphatic carbocycles. The summed E-state index contributed by atoms with van der Waals surface area (Å²) in [7, 11) is 0. The predicted octanol–water partition coefficient (Wildman–Crippen LogP) is 2.00. The molecule has 0 spiro atoms. The van der Waals surface area contributed by atoms with Crippen molar-refractivity contribution in [3.05, 3.63) is 29.8 Å². The molecule has 2 N–H and O–H groups in total. The number of rotatable bonds is 3. The molecule has 82 valence electrons. The van der Waals surface area contributed by atoms with Crippen molar-refractivity contribution in [3.8, 4) is 0 Å². The first-order chi connectivity index (χ1) is 7.04. The second kappa shape index (κ2) is 4.55. The second-order valence-electron chi connectivity index (χ2n) is 3.73. The molecule has 0 bridgehead atoms. The van der Waals surface area contributed by atoms with Crippen molar-refractivity contribution in [1.82, 2.24) is 4.59 Å². The van der Waals surface area contributed by atoms with Gasteiger partial charge in [0, 0.05) is 12.1 Å². The van der Waals surface area contributed by atoms with Crippen LogP contribution in [0.2, 0.25) is 0 Å². The van der Waals surface area contributed by atoms with E-state index in [1.165, 1.54) is 12.5 Å². The molecule has 0 aliphatic rings. The first-order valence-corrected chi connectivity index (χ1v) is 5.31. The molecule has 0 radical (unpaired) electrons. The standard InChI is InChI=1S/C12H19N2O/c1-4-11-7-6-8-12(9-11)14(13,5-2)10(3)15/h6-9H,4-5,13H2,1-3H3/q+1. The molecule has 0 aliphatic heterocycles. The van der Waals surface area contributed by atoms with E-state index in [1.807, 2.05) is 31.2 Å². The van der Waals surface area contributed by atoms with Gasteiger partial charge in [0.05, 0.1) is 6.92 Å². The molecule has 3 heteroatoms. The van der Waals surface area contributed by atoms with E-state index in [4.69, 9.17) is 5.84 Å². The number of nitrogens with two attached hydrogens (primary N) is 1. The van der Waals surface area contributed by atoms with Gasteiger partial charge in [-0.1, -0.05) is 19.1 Å². The zero-order chi connectivity index (χ0) is 11.5. The first-order valence-electron chi connectivity index (χ1n) is 5.31. The summed E-state index contributed by atoms with van der Waals surface area (Å²) in [5, 5.41) is 0. The number of benzene rings is 1. The van der Waals surface area contributed by atoms with Gasteiger partial charge in [-0.05, 0) is 18.9 Å². The molecule has 0 aromatic heterocycles. The Balaban J connectivity index is 3.18. The monoisotopic (exact) mass is 207 g/mol. The molecule has 0 fully saturated rings. The van der Waals surface area contributed by atoms with E-state index in [9.17, 15) is 4.79 Å². The Morgan fingerprint density at radius 3 is 2.53 bits per heavy atom. The van der Waals surface area contributed by atoms with Gasteiger partial charge in [0.15, 0.2) is 5.69 Å². The van der Waals surface area contributed by atoms with Gasteiger partial charge in [-0.25, -0.2) is 4.79 Å². The third-order valence-electron chi connectivity index (χ3n) is 2.84. The summed E-state index contributed by atoms with van der Waals surface area (Å²) >= 11 is 0. The highest BCUT2D eigenvalue weighted by molar-refractivity contribution is 5.85. The van der Waals surface area contributed by atoms with E-state index in [-0.39, 0.29) is 10.5 Å². The maximum absolute atomic E-state index is 11.5. The molecule has 1 amide bonds. The van der Waals surface area contributed by atoms with Crippen LogP contribution >= 0.6 is 0 Å². The van der Waals surface area contributed by atoms with Crippen LogP contribution in [0.1, 0.15) is 26.3 Å². The molecule has 0 saturated heterocycles. The van der Waals surface area contributed by atoms with Crippen molar-refractivity contribution in [2.45, 2.75) is 27.2 Å². The Kier molecular flexibility index (Phi) is 3.61. The number of carbonyl (C=O) groups excluding carboxylic acids is 1. The van der Waals surface area contributed by atoms with Gasteiger partial charge in [-0.3, -0.25) is 0 Å². The SMILES string of the molecule is CCc1cccc([N+](N)(CC)C(C)=O)c1. The molecule has 0 saturated carbocycles. The molecule has 1 aromatic rings. The Hall–Kier alpha value is -1.19. The molecule has 1 unspecified atom stereocenters. The summed E-state index contributed by atoms with van der Waals surface area (Å²) in [6.45, 7) is 6.11. The van der Waals surface area contributed by atoms with Crippen LogP contribution in [0, 0.1) is 0 Å². The summed E-state index contributed by atoms with van der Waals surface area (Å²) in [4.78, 5) is 11.5. The summed E-state index contributed by atoms with van der Waals surface area (Å²) in [5.41, 5.74) is 2.07. The quantitative estimate of drug-likeness (QED) is 0.356. The van der Waals surface area contributed by atoms with E-state index in [0.717, 1.165) is 12.1 Å². The van der Waals surface area contributed by atoms with E-state index in [0.29, 0.717) is 6.54 Å². The van der Waals surface area contributed by atoms with Crippen molar-refractivity contribution in [1.29, 1.82) is 0 Å². The van der Waals surface area contributed by atoms with E-state index in [1.54, 1.807) is 0 Å². The Morgan fingerprint density at radius 1 is 1.40 bits per heavy atom. The van der Waals surface area contributed by atoms with E-state index in [2.05, 4.69) is 6.92 Å². The lowest BCUT2D eigenvalue weighted by Gasteiger charge is -2.27. The number of aryl methyl sites for hydroxylation is 1. The van der Waals surface area contributed by atoms with Crippen LogP contribution in [-0.2, 0) is 11.2 Å². The Morgan fingerprint density at radius 2 is 2.07 bits per heavy atom. The highest BCUT2D eigenvalue weighted by atomic mass is 16.2. The van der Waals surface area contributed by atoms with Crippen LogP contribution < -0.4 is 10.4 Å². The zero-order valence-corrected chi connectivity index (χ0v) is 9.66. The Labute approximate surface area is 91.1 Å².